The van der Waals surface area contributed by atoms with E-state index < -0.39 is 4.92 Å². The van der Waals surface area contributed by atoms with Gasteiger partial charge in [-0.15, -0.1) is 0 Å². The second-order valence-corrected chi connectivity index (χ2v) is 3.62. The maximum Gasteiger partial charge on any atom is 0.269 e. The maximum absolute atomic E-state index is 10.7. The summed E-state index contributed by atoms with van der Waals surface area (Å²) in [6.07, 6.45) is 1.77. The van der Waals surface area contributed by atoms with Gasteiger partial charge in [0.1, 0.15) is 6.29 Å². The molecule has 1 aromatic carbocycles. The Morgan fingerprint density at radius 2 is 2.00 bits per heavy atom. The monoisotopic (exact) mass is 234 g/mol. The van der Waals surface area contributed by atoms with Crippen molar-refractivity contribution in [1.29, 1.82) is 0 Å². The Morgan fingerprint density at radius 3 is 2.41 bits per heavy atom. The van der Waals surface area contributed by atoms with Crippen LogP contribution in [0.2, 0.25) is 0 Å². The maximum atomic E-state index is 10.7. The molecule has 0 amide bonds. The fraction of sp³-hybridized carbons (Fsp3) is 0.250. The molecule has 90 valence electrons. The van der Waals surface area contributed by atoms with E-state index in [1.807, 2.05) is 6.92 Å². The molecule has 0 atom stereocenters. The standard InChI is InChI=1S/C12H14N2O3/c1-2-10(8-15)12(13)7-9-3-5-11(6-4-9)14(16)17/h3-6,8H,2,7,13H2,1H3/b12-10+. The summed E-state index contributed by atoms with van der Waals surface area (Å²) in [5, 5.41) is 10.5. The molecule has 0 radical (unpaired) electrons. The van der Waals surface area contributed by atoms with Gasteiger partial charge in [-0.3, -0.25) is 14.9 Å². The van der Waals surface area contributed by atoms with Crippen molar-refractivity contribution in [3.05, 3.63) is 51.2 Å². The van der Waals surface area contributed by atoms with Crippen LogP contribution in [-0.4, -0.2) is 11.2 Å². The van der Waals surface area contributed by atoms with Gasteiger partial charge in [0.2, 0.25) is 0 Å². The fourth-order valence-electron chi connectivity index (χ4n) is 1.46. The summed E-state index contributed by atoms with van der Waals surface area (Å²) in [7, 11) is 0. The number of nitrogens with two attached hydrogens (primary N) is 1. The van der Waals surface area contributed by atoms with Crippen LogP contribution in [0.25, 0.3) is 0 Å². The van der Waals surface area contributed by atoms with E-state index in [0.717, 1.165) is 11.8 Å². The number of hydrogen-bond acceptors (Lipinski definition) is 4. The number of hydrogen-bond donors (Lipinski definition) is 1. The van der Waals surface area contributed by atoms with Crippen molar-refractivity contribution < 1.29 is 9.72 Å². The Hall–Kier alpha value is -2.17. The normalized spacial score (nSPS) is 11.8. The molecule has 0 aliphatic heterocycles. The van der Waals surface area contributed by atoms with Crippen LogP contribution >= 0.6 is 0 Å². The molecule has 0 aromatic heterocycles. The number of rotatable bonds is 5. The first-order valence-electron chi connectivity index (χ1n) is 5.24. The third-order valence-corrected chi connectivity index (χ3v) is 2.48. The highest BCUT2D eigenvalue weighted by Crippen LogP contribution is 2.14. The van der Waals surface area contributed by atoms with Crippen LogP contribution in [0.5, 0.6) is 0 Å². The summed E-state index contributed by atoms with van der Waals surface area (Å²) >= 11 is 0. The smallest absolute Gasteiger partial charge is 0.269 e. The Bertz CT molecular complexity index is 449. The SMILES string of the molecule is CC/C(C=O)=C(\N)Cc1ccc([N+](=O)[O-])cc1. The molecule has 0 bridgehead atoms. The summed E-state index contributed by atoms with van der Waals surface area (Å²) in [5.41, 5.74) is 7.76. The molecule has 0 spiro atoms. The van der Waals surface area contributed by atoms with E-state index >= 15 is 0 Å². The minimum Gasteiger partial charge on any atom is -0.401 e. The van der Waals surface area contributed by atoms with Gasteiger partial charge in [0, 0.05) is 29.8 Å². The molecule has 0 saturated heterocycles. The number of nitro groups is 1. The molecule has 0 fully saturated rings. The minimum absolute atomic E-state index is 0.0439. The largest absolute Gasteiger partial charge is 0.401 e. The van der Waals surface area contributed by atoms with E-state index in [1.165, 1.54) is 12.1 Å². The van der Waals surface area contributed by atoms with Crippen LogP contribution in [0.15, 0.2) is 35.5 Å². The molecular weight excluding hydrogens is 220 g/mol. The topological polar surface area (TPSA) is 86.2 Å². The zero-order valence-corrected chi connectivity index (χ0v) is 9.55. The molecule has 0 unspecified atom stereocenters. The quantitative estimate of drug-likeness (QED) is 0.365. The molecule has 1 aromatic rings. The highest BCUT2D eigenvalue weighted by molar-refractivity contribution is 5.74. The lowest BCUT2D eigenvalue weighted by Crippen LogP contribution is -2.06. The molecule has 0 aliphatic rings. The van der Waals surface area contributed by atoms with E-state index in [-0.39, 0.29) is 5.69 Å². The fourth-order valence-corrected chi connectivity index (χ4v) is 1.46. The van der Waals surface area contributed by atoms with E-state index in [4.69, 9.17) is 5.73 Å². The van der Waals surface area contributed by atoms with Crippen LogP contribution < -0.4 is 5.73 Å². The Morgan fingerprint density at radius 1 is 1.41 bits per heavy atom. The number of allylic oxidation sites excluding steroid dienone is 2. The lowest BCUT2D eigenvalue weighted by atomic mass is 10.1. The summed E-state index contributed by atoms with van der Waals surface area (Å²) in [5.74, 6) is 0. The molecule has 0 heterocycles. The summed E-state index contributed by atoms with van der Waals surface area (Å²) in [4.78, 5) is 20.7. The number of aldehydes is 1. The van der Waals surface area contributed by atoms with Crippen molar-refractivity contribution in [2.24, 2.45) is 5.73 Å². The van der Waals surface area contributed by atoms with Gasteiger partial charge in [-0.2, -0.15) is 0 Å². The Labute approximate surface area is 99.1 Å². The molecule has 0 saturated carbocycles. The number of nitro benzene ring substituents is 1. The second-order valence-electron chi connectivity index (χ2n) is 3.62. The molecule has 17 heavy (non-hydrogen) atoms. The molecule has 5 nitrogen and oxygen atoms in total. The van der Waals surface area contributed by atoms with Gasteiger partial charge in [0.25, 0.3) is 5.69 Å². The van der Waals surface area contributed by atoms with Crippen molar-refractivity contribution in [2.45, 2.75) is 19.8 Å². The lowest BCUT2D eigenvalue weighted by molar-refractivity contribution is -0.384. The predicted molar refractivity (Wildman–Crippen MR) is 64.4 cm³/mol. The van der Waals surface area contributed by atoms with Crippen LogP contribution in [0.1, 0.15) is 18.9 Å². The van der Waals surface area contributed by atoms with E-state index in [2.05, 4.69) is 0 Å². The average Bonchev–Trinajstić information content (AvgIpc) is 2.31. The zero-order chi connectivity index (χ0) is 12.8. The van der Waals surface area contributed by atoms with Crippen molar-refractivity contribution in [1.82, 2.24) is 0 Å². The first kappa shape index (κ1) is 12.9. The molecule has 2 N–H and O–H groups in total. The summed E-state index contributed by atoms with van der Waals surface area (Å²) in [6.45, 7) is 1.85. The van der Waals surface area contributed by atoms with Crippen LogP contribution in [0.3, 0.4) is 0 Å². The van der Waals surface area contributed by atoms with Crippen LogP contribution in [-0.2, 0) is 11.2 Å². The van der Waals surface area contributed by atoms with Gasteiger partial charge in [0.05, 0.1) is 4.92 Å². The summed E-state index contributed by atoms with van der Waals surface area (Å²) < 4.78 is 0. The van der Waals surface area contributed by atoms with E-state index in [9.17, 15) is 14.9 Å². The number of benzene rings is 1. The van der Waals surface area contributed by atoms with Gasteiger partial charge < -0.3 is 5.73 Å². The van der Waals surface area contributed by atoms with Gasteiger partial charge in [-0.05, 0) is 12.0 Å². The van der Waals surface area contributed by atoms with Crippen LogP contribution in [0.4, 0.5) is 5.69 Å². The highest BCUT2D eigenvalue weighted by Gasteiger charge is 2.06. The third-order valence-electron chi connectivity index (χ3n) is 2.48. The summed E-state index contributed by atoms with van der Waals surface area (Å²) in [6, 6.07) is 6.14. The van der Waals surface area contributed by atoms with Gasteiger partial charge in [-0.25, -0.2) is 0 Å². The Kier molecular flexibility index (Phi) is 4.39. The van der Waals surface area contributed by atoms with Gasteiger partial charge in [-0.1, -0.05) is 19.1 Å². The predicted octanol–water partition coefficient (Wildman–Crippen LogP) is 1.96. The van der Waals surface area contributed by atoms with Crippen molar-refractivity contribution in [3.8, 4) is 0 Å². The van der Waals surface area contributed by atoms with Gasteiger partial charge in [0.15, 0.2) is 0 Å². The molecule has 0 aliphatic carbocycles. The van der Waals surface area contributed by atoms with Crippen LogP contribution in [0, 0.1) is 10.1 Å². The number of nitrogens with zero attached hydrogens (tertiary/aromatic N) is 1. The molecule has 5 heteroatoms. The van der Waals surface area contributed by atoms with Gasteiger partial charge >= 0.3 is 0 Å². The van der Waals surface area contributed by atoms with Crippen molar-refractivity contribution in [3.63, 3.8) is 0 Å². The highest BCUT2D eigenvalue weighted by atomic mass is 16.6. The number of carbonyl (C=O) groups is 1. The molecule has 1 rings (SSSR count). The lowest BCUT2D eigenvalue weighted by Gasteiger charge is -2.05. The Balaban J connectivity index is 2.86. The second kappa shape index (κ2) is 5.79. The zero-order valence-electron chi connectivity index (χ0n) is 9.55. The van der Waals surface area contributed by atoms with E-state index in [0.29, 0.717) is 24.1 Å². The van der Waals surface area contributed by atoms with E-state index in [1.54, 1.807) is 12.1 Å². The third kappa shape index (κ3) is 3.41. The first-order valence-corrected chi connectivity index (χ1v) is 5.24. The first-order chi connectivity index (χ1) is 8.08. The molecular formula is C12H14N2O3. The number of carbonyl (C=O) groups excluding carboxylic acids is 1. The van der Waals surface area contributed by atoms with Crippen molar-refractivity contribution in [2.75, 3.05) is 0 Å². The minimum atomic E-state index is -0.453. The van der Waals surface area contributed by atoms with Crippen molar-refractivity contribution >= 4 is 12.0 Å². The average molecular weight is 234 g/mol. The number of non-ortho nitro benzene ring substituents is 1.